The number of hydrogen-bond donors (Lipinski definition) is 0. The van der Waals surface area contributed by atoms with Crippen molar-refractivity contribution in [2.75, 3.05) is 13.1 Å². The summed E-state index contributed by atoms with van der Waals surface area (Å²) in [4.78, 5) is 2.70. The maximum atomic E-state index is 3.28. The lowest BCUT2D eigenvalue weighted by Crippen LogP contribution is -2.41. The molecule has 1 heterocycles. The Balaban J connectivity index is 1.90. The second-order valence-corrected chi connectivity index (χ2v) is 5.41. The summed E-state index contributed by atoms with van der Waals surface area (Å²) in [6, 6.07) is 0.808. The molecule has 1 unspecified atom stereocenters. The zero-order valence-corrected chi connectivity index (χ0v) is 11.8. The van der Waals surface area contributed by atoms with Gasteiger partial charge in [0.15, 0.2) is 0 Å². The van der Waals surface area contributed by atoms with Gasteiger partial charge in [0.25, 0.3) is 0 Å². The van der Waals surface area contributed by atoms with E-state index in [0.717, 1.165) is 6.04 Å². The Morgan fingerprint density at radius 1 is 1.33 bits per heavy atom. The van der Waals surface area contributed by atoms with Crippen LogP contribution < -0.4 is 0 Å². The minimum atomic E-state index is 0.706. The number of rotatable bonds is 5. The van der Waals surface area contributed by atoms with Gasteiger partial charge in [-0.2, -0.15) is 0 Å². The van der Waals surface area contributed by atoms with Crippen LogP contribution in [0.4, 0.5) is 0 Å². The van der Waals surface area contributed by atoms with Crippen LogP contribution in [-0.4, -0.2) is 24.0 Å². The highest BCUT2D eigenvalue weighted by molar-refractivity contribution is 5.28. The fraction of sp³-hybridized carbons (Fsp3) is 0.647. The molecule has 2 aliphatic rings. The average molecular weight is 243 g/mol. The van der Waals surface area contributed by atoms with Crippen LogP contribution in [0.1, 0.15) is 46.0 Å². The normalized spacial score (nSPS) is 22.2. The first-order valence-electron chi connectivity index (χ1n) is 7.47. The van der Waals surface area contributed by atoms with Gasteiger partial charge in [-0.05, 0) is 56.8 Å². The smallest absolute Gasteiger partial charge is 0.00925 e. The van der Waals surface area contributed by atoms with Crippen molar-refractivity contribution in [2.24, 2.45) is 5.92 Å². The Hall–Kier alpha value is -1.00. The second-order valence-electron chi connectivity index (χ2n) is 5.41. The zero-order valence-electron chi connectivity index (χ0n) is 11.8. The van der Waals surface area contributed by atoms with E-state index in [0.29, 0.717) is 5.92 Å². The van der Waals surface area contributed by atoms with Crippen molar-refractivity contribution in [1.29, 1.82) is 0 Å². The van der Waals surface area contributed by atoms with Crippen LogP contribution in [0.25, 0.3) is 0 Å². The van der Waals surface area contributed by atoms with Crippen LogP contribution in [0.3, 0.4) is 0 Å². The topological polar surface area (TPSA) is 3.24 Å². The zero-order chi connectivity index (χ0) is 12.8. The third kappa shape index (κ3) is 3.27. The van der Waals surface area contributed by atoms with Gasteiger partial charge >= 0.3 is 0 Å². The number of allylic oxidation sites excluding steroid dienone is 4. The van der Waals surface area contributed by atoms with Crippen molar-refractivity contribution >= 4 is 0 Å². The summed E-state index contributed by atoms with van der Waals surface area (Å²) in [7, 11) is 0. The van der Waals surface area contributed by atoms with E-state index in [1.165, 1.54) is 50.8 Å². The number of piperidine rings is 1. The maximum Gasteiger partial charge on any atom is 0.00925 e. The van der Waals surface area contributed by atoms with Gasteiger partial charge in [0.2, 0.25) is 0 Å². The van der Waals surface area contributed by atoms with Gasteiger partial charge in [-0.15, -0.1) is 0 Å². The highest BCUT2D eigenvalue weighted by Crippen LogP contribution is 2.27. The SMILES string of the molecule is CCCC(CC)N1CCC(C2=C=C=CC=C2)CC1. The number of nitrogens with zero attached hydrogens (tertiary/aromatic N) is 1. The van der Waals surface area contributed by atoms with E-state index in [2.05, 4.69) is 42.4 Å². The van der Waals surface area contributed by atoms with Gasteiger partial charge in [-0.1, -0.05) is 37.8 Å². The van der Waals surface area contributed by atoms with Crippen molar-refractivity contribution in [3.05, 3.63) is 35.3 Å². The van der Waals surface area contributed by atoms with E-state index >= 15 is 0 Å². The standard InChI is InChI=1S/C17H25N/c1-3-8-17(4-2)18-13-11-16(12-14-18)15-9-6-5-7-10-15/h5-6,9,16-17H,3-4,8,11-14H2,1-2H3. The van der Waals surface area contributed by atoms with E-state index in [-0.39, 0.29) is 0 Å². The minimum Gasteiger partial charge on any atom is -0.300 e. The van der Waals surface area contributed by atoms with Crippen LogP contribution in [0.2, 0.25) is 0 Å². The van der Waals surface area contributed by atoms with Crippen molar-refractivity contribution in [1.82, 2.24) is 4.90 Å². The molecule has 98 valence electrons. The van der Waals surface area contributed by atoms with Gasteiger partial charge in [-0.25, -0.2) is 0 Å². The van der Waals surface area contributed by atoms with Crippen LogP contribution in [0.5, 0.6) is 0 Å². The molecule has 1 aliphatic heterocycles. The minimum absolute atomic E-state index is 0.706. The van der Waals surface area contributed by atoms with Crippen molar-refractivity contribution in [2.45, 2.75) is 52.0 Å². The molecule has 0 spiro atoms. The Bertz CT molecular complexity index is 384. The van der Waals surface area contributed by atoms with E-state index in [1.54, 1.807) is 0 Å². The molecule has 0 bridgehead atoms. The van der Waals surface area contributed by atoms with Gasteiger partial charge in [0.05, 0.1) is 0 Å². The first kappa shape index (κ1) is 13.4. The van der Waals surface area contributed by atoms with E-state index < -0.39 is 0 Å². The second kappa shape index (κ2) is 6.81. The predicted octanol–water partition coefficient (Wildman–Crippen LogP) is 4.08. The van der Waals surface area contributed by atoms with E-state index in [1.807, 2.05) is 6.08 Å². The molecule has 0 amide bonds. The molecular formula is C17H25N. The lowest BCUT2D eigenvalue weighted by atomic mass is 9.87. The highest BCUT2D eigenvalue weighted by atomic mass is 15.2. The average Bonchev–Trinajstić information content (AvgIpc) is 2.46. The van der Waals surface area contributed by atoms with Crippen LogP contribution >= 0.6 is 0 Å². The first-order chi connectivity index (χ1) is 8.85. The first-order valence-corrected chi connectivity index (χ1v) is 7.47. The van der Waals surface area contributed by atoms with Crippen LogP contribution in [-0.2, 0) is 0 Å². The molecule has 0 saturated carbocycles. The summed E-state index contributed by atoms with van der Waals surface area (Å²) in [6.45, 7) is 7.13. The lowest BCUT2D eigenvalue weighted by molar-refractivity contribution is 0.132. The van der Waals surface area contributed by atoms with Crippen LogP contribution in [0, 0.1) is 5.92 Å². The third-order valence-corrected chi connectivity index (χ3v) is 4.25. The summed E-state index contributed by atoms with van der Waals surface area (Å²) < 4.78 is 0. The molecular weight excluding hydrogens is 218 g/mol. The summed E-state index contributed by atoms with van der Waals surface area (Å²) in [5.41, 5.74) is 7.72. The number of hydrogen-bond acceptors (Lipinski definition) is 1. The molecule has 2 rings (SSSR count). The fourth-order valence-electron chi connectivity index (χ4n) is 3.16. The van der Waals surface area contributed by atoms with E-state index in [9.17, 15) is 0 Å². The Morgan fingerprint density at radius 3 is 2.67 bits per heavy atom. The molecule has 1 aliphatic carbocycles. The Kier molecular flexibility index (Phi) is 5.08. The summed E-state index contributed by atoms with van der Waals surface area (Å²) in [5, 5.41) is 0. The van der Waals surface area contributed by atoms with Crippen molar-refractivity contribution in [3.8, 4) is 0 Å². The van der Waals surface area contributed by atoms with Gasteiger partial charge in [-0.3, -0.25) is 0 Å². The Morgan fingerprint density at radius 2 is 2.11 bits per heavy atom. The van der Waals surface area contributed by atoms with E-state index in [4.69, 9.17) is 0 Å². The van der Waals surface area contributed by atoms with Crippen molar-refractivity contribution in [3.63, 3.8) is 0 Å². The summed E-state index contributed by atoms with van der Waals surface area (Å²) in [5.74, 6) is 0.706. The van der Waals surface area contributed by atoms with Gasteiger partial charge < -0.3 is 4.90 Å². The molecule has 1 atom stereocenters. The molecule has 18 heavy (non-hydrogen) atoms. The maximum absolute atomic E-state index is 3.28. The molecule has 1 nitrogen and oxygen atoms in total. The van der Waals surface area contributed by atoms with Crippen molar-refractivity contribution < 1.29 is 0 Å². The number of likely N-dealkylation sites (tertiary alicyclic amines) is 1. The Labute approximate surface area is 112 Å². The molecule has 0 aromatic rings. The quantitative estimate of drug-likeness (QED) is 0.658. The molecule has 1 saturated heterocycles. The molecule has 0 aromatic carbocycles. The predicted molar refractivity (Wildman–Crippen MR) is 77.5 cm³/mol. The van der Waals surface area contributed by atoms with Crippen LogP contribution in [0.15, 0.2) is 35.3 Å². The summed E-state index contributed by atoms with van der Waals surface area (Å²) in [6.07, 6.45) is 12.8. The third-order valence-electron chi connectivity index (χ3n) is 4.25. The van der Waals surface area contributed by atoms with Gasteiger partial charge in [0, 0.05) is 11.6 Å². The molecule has 0 aromatic heterocycles. The lowest BCUT2D eigenvalue weighted by Gasteiger charge is -2.37. The van der Waals surface area contributed by atoms with Gasteiger partial charge in [0.1, 0.15) is 0 Å². The molecule has 0 N–H and O–H groups in total. The fourth-order valence-corrected chi connectivity index (χ4v) is 3.16. The molecule has 0 radical (unpaired) electrons. The monoisotopic (exact) mass is 243 g/mol. The molecule has 1 fully saturated rings. The summed E-state index contributed by atoms with van der Waals surface area (Å²) >= 11 is 0. The highest BCUT2D eigenvalue weighted by Gasteiger charge is 2.25. The molecule has 1 heteroatoms. The largest absolute Gasteiger partial charge is 0.300 e.